The zero-order valence-electron chi connectivity index (χ0n) is 11.1. The quantitative estimate of drug-likeness (QED) is 0.615. The predicted octanol–water partition coefficient (Wildman–Crippen LogP) is 4.14. The monoisotopic (exact) mass is 253 g/mol. The second-order valence-corrected chi connectivity index (χ2v) is 4.52. The van der Waals surface area contributed by atoms with Gasteiger partial charge in [-0.05, 0) is 12.5 Å². The molecule has 4 nitrogen and oxygen atoms in total. The van der Waals surface area contributed by atoms with Gasteiger partial charge in [-0.1, -0.05) is 45.4 Å². The Morgan fingerprint density at radius 2 is 1.83 bits per heavy atom. The first-order chi connectivity index (χ1) is 8.74. The van der Waals surface area contributed by atoms with E-state index in [0.717, 1.165) is 13.0 Å². The number of aromatic carboxylic acids is 1. The number of hydrogen-bond donors (Lipinski definition) is 2. The van der Waals surface area contributed by atoms with Crippen LogP contribution in [-0.4, -0.2) is 17.6 Å². The number of anilines is 1. The van der Waals surface area contributed by atoms with Crippen molar-refractivity contribution in [2.45, 2.75) is 51.9 Å². The van der Waals surface area contributed by atoms with Gasteiger partial charge >= 0.3 is 5.97 Å². The van der Waals surface area contributed by atoms with E-state index < -0.39 is 5.97 Å². The molecule has 0 aliphatic rings. The van der Waals surface area contributed by atoms with Gasteiger partial charge in [0.15, 0.2) is 5.88 Å². The summed E-state index contributed by atoms with van der Waals surface area (Å²) in [7, 11) is 0. The molecule has 4 heteroatoms. The van der Waals surface area contributed by atoms with E-state index >= 15 is 0 Å². The van der Waals surface area contributed by atoms with Crippen LogP contribution in [0.5, 0.6) is 0 Å². The summed E-state index contributed by atoms with van der Waals surface area (Å²) < 4.78 is 5.09. The fourth-order valence-corrected chi connectivity index (χ4v) is 1.84. The molecule has 0 aromatic carbocycles. The van der Waals surface area contributed by atoms with Crippen LogP contribution in [-0.2, 0) is 0 Å². The van der Waals surface area contributed by atoms with Crippen molar-refractivity contribution in [3.63, 3.8) is 0 Å². The predicted molar refractivity (Wildman–Crippen MR) is 72.2 cm³/mol. The Kier molecular flexibility index (Phi) is 6.99. The second kappa shape index (κ2) is 8.61. The summed E-state index contributed by atoms with van der Waals surface area (Å²) in [4.78, 5) is 10.6. The molecule has 2 N–H and O–H groups in total. The fourth-order valence-electron chi connectivity index (χ4n) is 1.84. The standard InChI is InChI=1S/C14H23NO3/c1-2-3-4-5-6-7-8-11-15-13-10-9-12(18-13)14(16)17/h9-10,15H,2-8,11H2,1H3,(H,16,17). The molecule has 1 aromatic rings. The van der Waals surface area contributed by atoms with E-state index in [1.165, 1.54) is 44.6 Å². The van der Waals surface area contributed by atoms with Crippen LogP contribution in [0, 0.1) is 0 Å². The molecule has 0 saturated carbocycles. The summed E-state index contributed by atoms with van der Waals surface area (Å²) in [5.74, 6) is -0.505. The molecular weight excluding hydrogens is 230 g/mol. The van der Waals surface area contributed by atoms with Gasteiger partial charge in [0.25, 0.3) is 0 Å². The number of carboxylic acids is 1. The Labute approximate surface area is 108 Å². The summed E-state index contributed by atoms with van der Waals surface area (Å²) in [6.07, 6.45) is 8.86. The largest absolute Gasteiger partial charge is 0.475 e. The van der Waals surface area contributed by atoms with E-state index in [1.54, 1.807) is 6.07 Å². The topological polar surface area (TPSA) is 62.5 Å². The molecule has 0 unspecified atom stereocenters. The summed E-state index contributed by atoms with van der Waals surface area (Å²) in [5, 5.41) is 11.8. The molecule has 0 amide bonds. The number of furan rings is 1. The molecule has 1 rings (SSSR count). The van der Waals surface area contributed by atoms with Crippen molar-refractivity contribution in [2.24, 2.45) is 0 Å². The van der Waals surface area contributed by atoms with Gasteiger partial charge < -0.3 is 14.8 Å². The normalized spacial score (nSPS) is 10.5. The Hall–Kier alpha value is -1.45. The molecular formula is C14H23NO3. The maximum atomic E-state index is 10.6. The SMILES string of the molecule is CCCCCCCCCNc1ccc(C(=O)O)o1. The van der Waals surface area contributed by atoms with Gasteiger partial charge in [-0.25, -0.2) is 4.79 Å². The molecule has 0 fully saturated rings. The number of unbranched alkanes of at least 4 members (excludes halogenated alkanes) is 6. The van der Waals surface area contributed by atoms with Gasteiger partial charge in [0.05, 0.1) is 0 Å². The first-order valence-corrected chi connectivity index (χ1v) is 6.81. The first kappa shape index (κ1) is 14.6. The summed E-state index contributed by atoms with van der Waals surface area (Å²) in [5.41, 5.74) is 0. The lowest BCUT2D eigenvalue weighted by Gasteiger charge is -2.03. The van der Waals surface area contributed by atoms with Crippen molar-refractivity contribution in [1.29, 1.82) is 0 Å². The Morgan fingerprint density at radius 1 is 1.17 bits per heavy atom. The van der Waals surface area contributed by atoms with E-state index in [0.29, 0.717) is 5.88 Å². The fraction of sp³-hybridized carbons (Fsp3) is 0.643. The van der Waals surface area contributed by atoms with Crippen LogP contribution in [0.4, 0.5) is 5.88 Å². The Balaban J connectivity index is 2.02. The lowest BCUT2D eigenvalue weighted by atomic mass is 10.1. The zero-order valence-corrected chi connectivity index (χ0v) is 11.1. The summed E-state index contributed by atoms with van der Waals surface area (Å²) in [6, 6.07) is 3.13. The van der Waals surface area contributed by atoms with Crippen molar-refractivity contribution in [1.82, 2.24) is 0 Å². The first-order valence-electron chi connectivity index (χ1n) is 6.81. The molecule has 1 heterocycles. The van der Waals surface area contributed by atoms with E-state index in [9.17, 15) is 4.79 Å². The number of rotatable bonds is 10. The minimum absolute atomic E-state index is 0.0166. The van der Waals surface area contributed by atoms with Gasteiger partial charge in [0.2, 0.25) is 5.76 Å². The molecule has 0 radical (unpaired) electrons. The van der Waals surface area contributed by atoms with Crippen LogP contribution >= 0.6 is 0 Å². The molecule has 0 spiro atoms. The van der Waals surface area contributed by atoms with Gasteiger partial charge in [-0.3, -0.25) is 0 Å². The smallest absolute Gasteiger partial charge is 0.371 e. The molecule has 102 valence electrons. The highest BCUT2D eigenvalue weighted by Gasteiger charge is 2.07. The molecule has 18 heavy (non-hydrogen) atoms. The average Bonchev–Trinajstić information content (AvgIpc) is 2.81. The Morgan fingerprint density at radius 3 is 2.44 bits per heavy atom. The van der Waals surface area contributed by atoms with Crippen LogP contribution in [0.25, 0.3) is 0 Å². The molecule has 0 atom stereocenters. The summed E-state index contributed by atoms with van der Waals surface area (Å²) >= 11 is 0. The van der Waals surface area contributed by atoms with Crippen LogP contribution in [0.15, 0.2) is 16.5 Å². The van der Waals surface area contributed by atoms with Crippen molar-refractivity contribution in [3.8, 4) is 0 Å². The van der Waals surface area contributed by atoms with Crippen LogP contribution in [0.2, 0.25) is 0 Å². The molecule has 1 aromatic heterocycles. The van der Waals surface area contributed by atoms with Gasteiger partial charge in [-0.2, -0.15) is 0 Å². The van der Waals surface area contributed by atoms with Crippen LogP contribution < -0.4 is 5.32 Å². The maximum absolute atomic E-state index is 10.6. The second-order valence-electron chi connectivity index (χ2n) is 4.52. The highest BCUT2D eigenvalue weighted by Crippen LogP contribution is 2.13. The number of carboxylic acid groups (broad SMARTS) is 1. The van der Waals surface area contributed by atoms with E-state index in [-0.39, 0.29) is 5.76 Å². The summed E-state index contributed by atoms with van der Waals surface area (Å²) in [6.45, 7) is 3.05. The van der Waals surface area contributed by atoms with Crippen molar-refractivity contribution in [2.75, 3.05) is 11.9 Å². The van der Waals surface area contributed by atoms with Gasteiger partial charge in [-0.15, -0.1) is 0 Å². The van der Waals surface area contributed by atoms with Crippen molar-refractivity contribution in [3.05, 3.63) is 17.9 Å². The number of nitrogens with one attached hydrogen (secondary N) is 1. The van der Waals surface area contributed by atoms with E-state index in [2.05, 4.69) is 12.2 Å². The lowest BCUT2D eigenvalue weighted by Crippen LogP contribution is -2.00. The number of carbonyl (C=O) groups is 1. The third kappa shape index (κ3) is 5.75. The van der Waals surface area contributed by atoms with E-state index in [4.69, 9.17) is 9.52 Å². The molecule has 0 bridgehead atoms. The lowest BCUT2D eigenvalue weighted by molar-refractivity contribution is 0.0663. The van der Waals surface area contributed by atoms with Gasteiger partial charge in [0, 0.05) is 12.6 Å². The van der Waals surface area contributed by atoms with E-state index in [1.807, 2.05) is 0 Å². The van der Waals surface area contributed by atoms with Crippen molar-refractivity contribution < 1.29 is 14.3 Å². The highest BCUT2D eigenvalue weighted by atomic mass is 16.4. The highest BCUT2D eigenvalue weighted by molar-refractivity contribution is 5.84. The third-order valence-corrected chi connectivity index (χ3v) is 2.90. The third-order valence-electron chi connectivity index (χ3n) is 2.90. The minimum atomic E-state index is -1.03. The average molecular weight is 253 g/mol. The Bertz CT molecular complexity index is 347. The molecule has 0 aliphatic carbocycles. The van der Waals surface area contributed by atoms with Crippen LogP contribution in [0.1, 0.15) is 62.4 Å². The zero-order chi connectivity index (χ0) is 13.2. The minimum Gasteiger partial charge on any atom is -0.475 e. The van der Waals surface area contributed by atoms with Gasteiger partial charge in [0.1, 0.15) is 0 Å². The maximum Gasteiger partial charge on any atom is 0.371 e. The number of hydrogen-bond acceptors (Lipinski definition) is 3. The van der Waals surface area contributed by atoms with Crippen LogP contribution in [0.3, 0.4) is 0 Å². The van der Waals surface area contributed by atoms with Crippen molar-refractivity contribution >= 4 is 11.9 Å². The molecule has 0 saturated heterocycles. The molecule has 0 aliphatic heterocycles.